The van der Waals surface area contributed by atoms with Crippen molar-refractivity contribution in [2.24, 2.45) is 5.92 Å². The minimum Gasteiger partial charge on any atom is -0.393 e. The predicted octanol–water partition coefficient (Wildman–Crippen LogP) is 2.28. The molecule has 0 saturated heterocycles. The normalized spacial score (nSPS) is 13.3. The fraction of sp³-hybridized carbons (Fsp3) is 0.692. The Bertz CT molecular complexity index is 240. The van der Waals surface area contributed by atoms with Crippen molar-refractivity contribution in [3.05, 3.63) is 12.2 Å². The Morgan fingerprint density at radius 2 is 1.75 bits per heavy atom. The Morgan fingerprint density at radius 3 is 2.19 bits per heavy atom. The molecule has 0 fully saturated rings. The van der Waals surface area contributed by atoms with Gasteiger partial charge >= 0.3 is 0 Å². The van der Waals surface area contributed by atoms with Crippen LogP contribution < -0.4 is 0 Å². The van der Waals surface area contributed by atoms with Crippen LogP contribution in [0.15, 0.2) is 12.2 Å². The van der Waals surface area contributed by atoms with E-state index in [4.69, 9.17) is 5.11 Å². The number of unbranched alkanes of at least 4 members (excludes halogenated alkanes) is 1. The van der Waals surface area contributed by atoms with Gasteiger partial charge in [0, 0.05) is 0 Å². The van der Waals surface area contributed by atoms with Crippen LogP contribution in [-0.2, 0) is 9.59 Å². The summed E-state index contributed by atoms with van der Waals surface area (Å²) in [6.45, 7) is 4.67. The first-order chi connectivity index (χ1) is 7.45. The lowest BCUT2D eigenvalue weighted by molar-refractivity contribution is -0.130. The van der Waals surface area contributed by atoms with Crippen LogP contribution in [0.3, 0.4) is 0 Å². The van der Waals surface area contributed by atoms with Gasteiger partial charge in [0.2, 0.25) is 0 Å². The van der Waals surface area contributed by atoms with E-state index < -0.39 is 5.92 Å². The van der Waals surface area contributed by atoms with Crippen LogP contribution in [0.2, 0.25) is 0 Å². The van der Waals surface area contributed by atoms with E-state index in [1.807, 2.05) is 12.2 Å². The van der Waals surface area contributed by atoms with Gasteiger partial charge < -0.3 is 5.11 Å². The molecule has 0 amide bonds. The maximum Gasteiger partial charge on any atom is 0.140 e. The highest BCUT2D eigenvalue weighted by Gasteiger charge is 2.16. The standard InChI is InChI=1S/C13H22O3/c1-10(14)8-6-4-5-7-9-13(11(2)15)12(3)16/h5,7,10,13-14H,4,6,8-9H2,1-3H3. The monoisotopic (exact) mass is 226 g/mol. The highest BCUT2D eigenvalue weighted by atomic mass is 16.3. The summed E-state index contributed by atoms with van der Waals surface area (Å²) in [5, 5.41) is 9.03. The van der Waals surface area contributed by atoms with Crippen molar-refractivity contribution in [3.8, 4) is 0 Å². The topological polar surface area (TPSA) is 54.4 Å². The highest BCUT2D eigenvalue weighted by Crippen LogP contribution is 2.08. The van der Waals surface area contributed by atoms with Gasteiger partial charge in [0.05, 0.1) is 12.0 Å². The van der Waals surface area contributed by atoms with Crippen molar-refractivity contribution < 1.29 is 14.7 Å². The number of carbonyl (C=O) groups excluding carboxylic acids is 2. The third kappa shape index (κ3) is 7.35. The fourth-order valence-corrected chi connectivity index (χ4v) is 1.50. The molecule has 1 atom stereocenters. The Hall–Kier alpha value is -0.960. The first-order valence-corrected chi connectivity index (χ1v) is 5.79. The molecule has 0 heterocycles. The zero-order chi connectivity index (χ0) is 12.6. The lowest BCUT2D eigenvalue weighted by atomic mass is 9.96. The smallest absolute Gasteiger partial charge is 0.140 e. The summed E-state index contributed by atoms with van der Waals surface area (Å²) in [5.74, 6) is -0.615. The van der Waals surface area contributed by atoms with Gasteiger partial charge in [-0.2, -0.15) is 0 Å². The molecule has 0 spiro atoms. The summed E-state index contributed by atoms with van der Waals surface area (Å²) in [7, 11) is 0. The lowest BCUT2D eigenvalue weighted by Crippen LogP contribution is -2.18. The largest absolute Gasteiger partial charge is 0.393 e. The molecule has 3 nitrogen and oxygen atoms in total. The molecule has 1 N–H and O–H groups in total. The third-order valence-corrected chi connectivity index (χ3v) is 2.51. The van der Waals surface area contributed by atoms with Gasteiger partial charge in [0.25, 0.3) is 0 Å². The van der Waals surface area contributed by atoms with Crippen molar-refractivity contribution in [2.45, 2.75) is 52.6 Å². The van der Waals surface area contributed by atoms with Crippen molar-refractivity contribution in [2.75, 3.05) is 0 Å². The van der Waals surface area contributed by atoms with Gasteiger partial charge in [-0.25, -0.2) is 0 Å². The Balaban J connectivity index is 3.80. The molecule has 92 valence electrons. The second-order valence-corrected chi connectivity index (χ2v) is 4.26. The maximum absolute atomic E-state index is 11.1. The molecule has 1 unspecified atom stereocenters. The second-order valence-electron chi connectivity index (χ2n) is 4.26. The number of allylic oxidation sites excluding steroid dienone is 2. The summed E-state index contributed by atoms with van der Waals surface area (Å²) in [4.78, 5) is 22.2. The Labute approximate surface area is 97.5 Å². The minimum absolute atomic E-state index is 0.0684. The number of hydrogen-bond acceptors (Lipinski definition) is 3. The van der Waals surface area contributed by atoms with E-state index in [1.165, 1.54) is 13.8 Å². The van der Waals surface area contributed by atoms with E-state index in [0.29, 0.717) is 6.42 Å². The van der Waals surface area contributed by atoms with Crippen LogP contribution in [0.5, 0.6) is 0 Å². The molecular weight excluding hydrogens is 204 g/mol. The molecule has 0 saturated carbocycles. The maximum atomic E-state index is 11.1. The fourth-order valence-electron chi connectivity index (χ4n) is 1.50. The first-order valence-electron chi connectivity index (χ1n) is 5.79. The van der Waals surface area contributed by atoms with E-state index in [0.717, 1.165) is 19.3 Å². The molecule has 0 aliphatic carbocycles. The van der Waals surface area contributed by atoms with Crippen molar-refractivity contribution in [1.82, 2.24) is 0 Å². The Kier molecular flexibility index (Phi) is 7.73. The van der Waals surface area contributed by atoms with Crippen LogP contribution in [0.4, 0.5) is 0 Å². The number of ketones is 2. The highest BCUT2D eigenvalue weighted by molar-refractivity contribution is 6.00. The van der Waals surface area contributed by atoms with E-state index in [1.54, 1.807) is 6.92 Å². The van der Waals surface area contributed by atoms with E-state index in [-0.39, 0.29) is 17.7 Å². The molecule has 3 heteroatoms. The number of hydrogen-bond donors (Lipinski definition) is 1. The lowest BCUT2D eigenvalue weighted by Gasteiger charge is -2.06. The third-order valence-electron chi connectivity index (χ3n) is 2.51. The first kappa shape index (κ1) is 15.0. The van der Waals surface area contributed by atoms with Gasteiger partial charge in [-0.15, -0.1) is 0 Å². The number of aliphatic hydroxyl groups is 1. The molecule has 0 aliphatic rings. The van der Waals surface area contributed by atoms with E-state index in [2.05, 4.69) is 0 Å². The molecule has 16 heavy (non-hydrogen) atoms. The summed E-state index contributed by atoms with van der Waals surface area (Å²) in [5.41, 5.74) is 0. The molecule has 0 aromatic heterocycles. The summed E-state index contributed by atoms with van der Waals surface area (Å²) < 4.78 is 0. The average Bonchev–Trinajstić information content (AvgIpc) is 2.14. The molecular formula is C13H22O3. The summed E-state index contributed by atoms with van der Waals surface area (Å²) >= 11 is 0. The minimum atomic E-state index is -0.479. The van der Waals surface area contributed by atoms with E-state index in [9.17, 15) is 9.59 Å². The molecule has 0 aliphatic heterocycles. The van der Waals surface area contributed by atoms with Crippen LogP contribution in [0.1, 0.15) is 46.5 Å². The molecule has 0 radical (unpaired) electrons. The molecule has 0 rings (SSSR count). The van der Waals surface area contributed by atoms with Crippen LogP contribution >= 0.6 is 0 Å². The van der Waals surface area contributed by atoms with Crippen LogP contribution in [-0.4, -0.2) is 22.8 Å². The predicted molar refractivity (Wildman–Crippen MR) is 64.1 cm³/mol. The zero-order valence-corrected chi connectivity index (χ0v) is 10.4. The number of aliphatic hydroxyl groups excluding tert-OH is 1. The van der Waals surface area contributed by atoms with Crippen molar-refractivity contribution in [1.29, 1.82) is 0 Å². The van der Waals surface area contributed by atoms with Crippen molar-refractivity contribution in [3.63, 3.8) is 0 Å². The number of Topliss-reactive ketones (excluding diaryl/α,β-unsaturated/α-hetero) is 2. The quantitative estimate of drug-likeness (QED) is 0.392. The molecule has 0 bridgehead atoms. The average molecular weight is 226 g/mol. The summed E-state index contributed by atoms with van der Waals surface area (Å²) in [6.07, 6.45) is 6.70. The van der Waals surface area contributed by atoms with Gasteiger partial charge in [-0.3, -0.25) is 9.59 Å². The van der Waals surface area contributed by atoms with E-state index >= 15 is 0 Å². The molecule has 0 aromatic rings. The van der Waals surface area contributed by atoms with Crippen LogP contribution in [0, 0.1) is 5.92 Å². The van der Waals surface area contributed by atoms with Gasteiger partial charge in [-0.1, -0.05) is 12.2 Å². The van der Waals surface area contributed by atoms with Gasteiger partial charge in [0.15, 0.2) is 0 Å². The Morgan fingerprint density at radius 1 is 1.19 bits per heavy atom. The second kappa shape index (κ2) is 8.22. The summed E-state index contributed by atoms with van der Waals surface area (Å²) in [6, 6.07) is 0. The molecule has 0 aromatic carbocycles. The SMILES string of the molecule is CC(=O)C(CC=CCCCC(C)O)C(C)=O. The van der Waals surface area contributed by atoms with Gasteiger partial charge in [-0.05, 0) is 46.5 Å². The van der Waals surface area contributed by atoms with Gasteiger partial charge in [0.1, 0.15) is 11.6 Å². The van der Waals surface area contributed by atoms with Crippen LogP contribution in [0.25, 0.3) is 0 Å². The number of rotatable bonds is 8. The van der Waals surface area contributed by atoms with Crippen molar-refractivity contribution >= 4 is 11.6 Å². The number of carbonyl (C=O) groups is 2. The zero-order valence-electron chi connectivity index (χ0n) is 10.4.